The maximum absolute atomic E-state index is 13.4. The number of hydrogen-bond acceptors (Lipinski definition) is 6. The van der Waals surface area contributed by atoms with Crippen LogP contribution < -0.4 is 5.32 Å². The summed E-state index contributed by atoms with van der Waals surface area (Å²) < 4.78 is 40.6. The summed E-state index contributed by atoms with van der Waals surface area (Å²) in [6.07, 6.45) is 3.37. The number of sulfonamides is 1. The first-order chi connectivity index (χ1) is 18.4. The second-order valence-corrected chi connectivity index (χ2v) is 12.1. The lowest BCUT2D eigenvalue weighted by molar-refractivity contribution is 0.102. The maximum atomic E-state index is 13.4. The van der Waals surface area contributed by atoms with Crippen LogP contribution in [-0.2, 0) is 16.4 Å². The Balaban J connectivity index is 1.19. The van der Waals surface area contributed by atoms with E-state index in [1.807, 2.05) is 36.4 Å². The number of halogens is 1. The van der Waals surface area contributed by atoms with Crippen molar-refractivity contribution >= 4 is 33.0 Å². The average Bonchev–Trinajstić information content (AvgIpc) is 3.44. The van der Waals surface area contributed by atoms with Crippen molar-refractivity contribution in [2.45, 2.75) is 25.2 Å². The molecule has 0 atom stereocenters. The molecule has 196 valence electrons. The summed E-state index contributed by atoms with van der Waals surface area (Å²) in [6, 6.07) is 19.0. The zero-order valence-electron chi connectivity index (χ0n) is 20.6. The van der Waals surface area contributed by atoms with Gasteiger partial charge in [-0.05, 0) is 48.7 Å². The van der Waals surface area contributed by atoms with Crippen LogP contribution in [0.2, 0.25) is 0 Å². The number of pyridine rings is 1. The fourth-order valence-electron chi connectivity index (χ4n) is 4.53. The number of para-hydroxylation sites is 1. The van der Waals surface area contributed by atoms with Crippen molar-refractivity contribution in [1.82, 2.24) is 14.3 Å². The molecule has 2 aromatic heterocycles. The third kappa shape index (κ3) is 6.15. The molecule has 38 heavy (non-hydrogen) atoms. The summed E-state index contributed by atoms with van der Waals surface area (Å²) in [5, 5.41) is 5.51. The number of benzene rings is 2. The van der Waals surface area contributed by atoms with Crippen LogP contribution in [0.1, 0.15) is 39.9 Å². The Morgan fingerprint density at radius 2 is 1.76 bits per heavy atom. The highest BCUT2D eigenvalue weighted by molar-refractivity contribution is 7.89. The zero-order valence-corrected chi connectivity index (χ0v) is 22.2. The number of carbonyl (C=O) groups excluding carboxylic acids is 1. The summed E-state index contributed by atoms with van der Waals surface area (Å²) in [6.45, 7) is 0.864. The van der Waals surface area contributed by atoms with Gasteiger partial charge in [-0.1, -0.05) is 36.4 Å². The molecular formula is C28H27FN4O3S2. The molecule has 4 aromatic rings. The molecule has 0 aliphatic carbocycles. The highest BCUT2D eigenvalue weighted by Crippen LogP contribution is 2.32. The Bertz CT molecular complexity index is 1500. The third-order valence-electron chi connectivity index (χ3n) is 6.62. The van der Waals surface area contributed by atoms with E-state index in [1.54, 1.807) is 34.1 Å². The molecule has 1 aliphatic rings. The normalized spacial score (nSPS) is 14.9. The van der Waals surface area contributed by atoms with Crippen molar-refractivity contribution in [3.63, 3.8) is 0 Å². The van der Waals surface area contributed by atoms with Crippen LogP contribution in [0.5, 0.6) is 0 Å². The third-order valence-corrected chi connectivity index (χ3v) is 9.50. The lowest BCUT2D eigenvalue weighted by Crippen LogP contribution is -2.39. The summed E-state index contributed by atoms with van der Waals surface area (Å²) >= 11 is 1.42. The van der Waals surface area contributed by atoms with E-state index in [9.17, 15) is 17.6 Å². The molecule has 0 unspecified atom stereocenters. The molecule has 10 heteroatoms. The van der Waals surface area contributed by atoms with Crippen LogP contribution in [0.3, 0.4) is 0 Å². The Hall–Kier alpha value is -3.47. The predicted octanol–water partition coefficient (Wildman–Crippen LogP) is 5.35. The molecule has 1 N–H and O–H groups in total. The molecule has 0 radical (unpaired) electrons. The summed E-state index contributed by atoms with van der Waals surface area (Å²) in [4.78, 5) is 21.8. The van der Waals surface area contributed by atoms with E-state index in [2.05, 4.69) is 15.3 Å². The topological polar surface area (TPSA) is 92.3 Å². The van der Waals surface area contributed by atoms with Gasteiger partial charge in [0.2, 0.25) is 10.0 Å². The van der Waals surface area contributed by atoms with E-state index < -0.39 is 10.0 Å². The van der Waals surface area contributed by atoms with Crippen molar-refractivity contribution in [3.05, 3.63) is 101 Å². The monoisotopic (exact) mass is 550 g/mol. The number of thiazole rings is 1. The van der Waals surface area contributed by atoms with Gasteiger partial charge in [0.25, 0.3) is 5.91 Å². The number of aromatic nitrogens is 2. The van der Waals surface area contributed by atoms with Gasteiger partial charge in [-0.15, -0.1) is 11.3 Å². The van der Waals surface area contributed by atoms with E-state index in [4.69, 9.17) is 0 Å². The first kappa shape index (κ1) is 26.1. The second kappa shape index (κ2) is 11.5. The molecule has 2 aromatic carbocycles. The van der Waals surface area contributed by atoms with Gasteiger partial charge >= 0.3 is 0 Å². The molecule has 0 spiro atoms. The average molecular weight is 551 g/mol. The fraction of sp³-hybridized carbons (Fsp3) is 0.250. The largest absolute Gasteiger partial charge is 0.320 e. The number of piperidine rings is 1. The van der Waals surface area contributed by atoms with Gasteiger partial charge in [0.15, 0.2) is 0 Å². The number of hydrogen-bond donors (Lipinski definition) is 1. The minimum Gasteiger partial charge on any atom is -0.320 e. The summed E-state index contributed by atoms with van der Waals surface area (Å²) in [5.74, 6) is -0.500. The van der Waals surface area contributed by atoms with Crippen LogP contribution in [0, 0.1) is 5.82 Å². The van der Waals surface area contributed by atoms with Crippen LogP contribution in [0.4, 0.5) is 10.1 Å². The highest BCUT2D eigenvalue weighted by Gasteiger charge is 2.30. The molecule has 1 amide bonds. The predicted molar refractivity (Wildman–Crippen MR) is 147 cm³/mol. The molecule has 7 nitrogen and oxygen atoms in total. The minimum atomic E-state index is -3.37. The number of anilines is 1. The van der Waals surface area contributed by atoms with Crippen molar-refractivity contribution in [2.24, 2.45) is 0 Å². The van der Waals surface area contributed by atoms with Crippen LogP contribution in [0.25, 0.3) is 11.1 Å². The van der Waals surface area contributed by atoms with Crippen molar-refractivity contribution in [2.75, 3.05) is 24.2 Å². The van der Waals surface area contributed by atoms with Gasteiger partial charge in [-0.2, -0.15) is 0 Å². The summed E-state index contributed by atoms with van der Waals surface area (Å²) in [7, 11) is -3.37. The lowest BCUT2D eigenvalue weighted by atomic mass is 9.99. The Morgan fingerprint density at radius 1 is 1.03 bits per heavy atom. The smallest absolute Gasteiger partial charge is 0.275 e. The van der Waals surface area contributed by atoms with Gasteiger partial charge in [0.1, 0.15) is 11.5 Å². The number of nitrogens with zero attached hydrogens (tertiary/aromatic N) is 3. The van der Waals surface area contributed by atoms with E-state index in [0.717, 1.165) is 21.8 Å². The zero-order chi connectivity index (χ0) is 26.5. The first-order valence-electron chi connectivity index (χ1n) is 12.4. The van der Waals surface area contributed by atoms with Crippen LogP contribution in [0.15, 0.2) is 78.3 Å². The number of amides is 1. The molecule has 1 fully saturated rings. The highest BCUT2D eigenvalue weighted by atomic mass is 32.2. The molecule has 0 bridgehead atoms. The number of rotatable bonds is 8. The lowest BCUT2D eigenvalue weighted by Gasteiger charge is -2.30. The molecule has 5 rings (SSSR count). The molecular weight excluding hydrogens is 523 g/mol. The molecule has 3 heterocycles. The number of carbonyl (C=O) groups is 1. The Labute approximate surface area is 225 Å². The Morgan fingerprint density at radius 3 is 2.50 bits per heavy atom. The van der Waals surface area contributed by atoms with Crippen molar-refractivity contribution in [1.29, 1.82) is 0 Å². The SMILES string of the molecule is O=C(Nc1ccccc1-c1ccc(F)cc1)c1csc(C2CCN(S(=O)(=O)CCc3ccccn3)CC2)n1. The van der Waals surface area contributed by atoms with Gasteiger partial charge < -0.3 is 5.32 Å². The van der Waals surface area contributed by atoms with Gasteiger partial charge in [-0.25, -0.2) is 22.1 Å². The molecule has 0 saturated carbocycles. The number of nitrogens with one attached hydrogen (secondary N) is 1. The fourth-order valence-corrected chi connectivity index (χ4v) is 6.99. The van der Waals surface area contributed by atoms with Crippen LogP contribution in [-0.4, -0.2) is 47.4 Å². The maximum Gasteiger partial charge on any atom is 0.275 e. The molecule has 1 aliphatic heterocycles. The van der Waals surface area contributed by atoms with E-state index >= 15 is 0 Å². The van der Waals surface area contributed by atoms with Crippen molar-refractivity contribution < 1.29 is 17.6 Å². The van der Waals surface area contributed by atoms with Gasteiger partial charge in [0, 0.05) is 53.9 Å². The standard InChI is InChI=1S/C28H27FN4O3S2/c29-22-10-8-20(9-11-22)24-6-1-2-7-25(24)31-27(34)26-19-37-28(32-26)21-12-16-33(17-13-21)38(35,36)18-14-23-5-3-4-15-30-23/h1-11,15,19,21H,12-14,16-18H2,(H,31,34). The second-order valence-electron chi connectivity index (χ2n) is 9.14. The van der Waals surface area contributed by atoms with E-state index in [1.165, 1.54) is 23.5 Å². The summed E-state index contributed by atoms with van der Waals surface area (Å²) in [5.41, 5.74) is 3.28. The quantitative estimate of drug-likeness (QED) is 0.319. The minimum absolute atomic E-state index is 0.0373. The number of aryl methyl sites for hydroxylation is 1. The first-order valence-corrected chi connectivity index (χ1v) is 14.9. The molecule has 1 saturated heterocycles. The van der Waals surface area contributed by atoms with E-state index in [0.29, 0.717) is 43.7 Å². The van der Waals surface area contributed by atoms with Crippen molar-refractivity contribution in [3.8, 4) is 11.1 Å². The van der Waals surface area contributed by atoms with Gasteiger partial charge in [-0.3, -0.25) is 9.78 Å². The van der Waals surface area contributed by atoms with Gasteiger partial charge in [0.05, 0.1) is 10.8 Å². The Kier molecular flexibility index (Phi) is 7.92. The van der Waals surface area contributed by atoms with Crippen LogP contribution >= 0.6 is 11.3 Å². The van der Waals surface area contributed by atoms with E-state index in [-0.39, 0.29) is 23.4 Å².